The van der Waals surface area contributed by atoms with E-state index in [0.717, 1.165) is 29.1 Å². The maximum Gasteiger partial charge on any atom is 0.257 e. The van der Waals surface area contributed by atoms with Gasteiger partial charge in [0.05, 0.1) is 29.5 Å². The van der Waals surface area contributed by atoms with Crippen molar-refractivity contribution in [3.05, 3.63) is 114 Å². The highest BCUT2D eigenvalue weighted by atomic mass is 16.1. The molecule has 3 heterocycles. The molecule has 0 radical (unpaired) electrons. The average Bonchev–Trinajstić information content (AvgIpc) is 3.29. The summed E-state index contributed by atoms with van der Waals surface area (Å²) in [5.74, 6) is 0.554. The van der Waals surface area contributed by atoms with E-state index in [1.54, 1.807) is 12.4 Å². The average molecular weight is 438 g/mol. The molecule has 166 valence electrons. The minimum atomic E-state index is -0.265. The second-order valence-electron chi connectivity index (χ2n) is 9.01. The number of anilines is 1. The van der Waals surface area contributed by atoms with Crippen LogP contribution in [0.4, 0.5) is 5.82 Å². The fourth-order valence-corrected chi connectivity index (χ4v) is 4.53. The molecule has 0 aliphatic carbocycles. The molecule has 1 amide bonds. The monoisotopic (exact) mass is 437 g/mol. The van der Waals surface area contributed by atoms with Gasteiger partial charge < -0.3 is 10.6 Å². The second kappa shape index (κ2) is 8.54. The van der Waals surface area contributed by atoms with Gasteiger partial charge in [-0.3, -0.25) is 9.78 Å². The Morgan fingerprint density at radius 1 is 1.00 bits per heavy atom. The molecule has 4 aromatic rings. The number of carbonyl (C=O) groups is 1. The number of hydrogen-bond donors (Lipinski definition) is 2. The molecule has 6 heteroatoms. The molecular formula is C27H27N5O. The van der Waals surface area contributed by atoms with Crippen LogP contribution in [0.3, 0.4) is 0 Å². The van der Waals surface area contributed by atoms with E-state index in [2.05, 4.69) is 34.6 Å². The Morgan fingerprint density at radius 3 is 2.24 bits per heavy atom. The zero-order chi connectivity index (χ0) is 22.8. The summed E-state index contributed by atoms with van der Waals surface area (Å²) in [6, 6.07) is 25.7. The molecule has 1 aliphatic rings. The molecule has 0 bridgehead atoms. The predicted molar refractivity (Wildman–Crippen MR) is 129 cm³/mol. The van der Waals surface area contributed by atoms with Crippen LogP contribution in [0, 0.1) is 0 Å². The molecule has 6 nitrogen and oxygen atoms in total. The number of rotatable bonds is 5. The lowest BCUT2D eigenvalue weighted by Gasteiger charge is -2.38. The van der Waals surface area contributed by atoms with Gasteiger partial charge in [-0.15, -0.1) is 0 Å². The zero-order valence-electron chi connectivity index (χ0n) is 18.8. The summed E-state index contributed by atoms with van der Waals surface area (Å²) in [7, 11) is 0. The number of amides is 1. The van der Waals surface area contributed by atoms with Crippen LogP contribution in [-0.4, -0.2) is 20.7 Å². The van der Waals surface area contributed by atoms with E-state index in [9.17, 15) is 4.79 Å². The van der Waals surface area contributed by atoms with Gasteiger partial charge in [-0.2, -0.15) is 5.10 Å². The van der Waals surface area contributed by atoms with Gasteiger partial charge in [0.1, 0.15) is 11.4 Å². The van der Waals surface area contributed by atoms with E-state index in [1.165, 1.54) is 0 Å². The summed E-state index contributed by atoms with van der Waals surface area (Å²) in [6.45, 7) is 4.28. The van der Waals surface area contributed by atoms with Crippen molar-refractivity contribution in [1.29, 1.82) is 0 Å². The number of carbonyl (C=O) groups excluding carboxylic acids is 1. The van der Waals surface area contributed by atoms with Crippen LogP contribution in [0.1, 0.15) is 59.5 Å². The van der Waals surface area contributed by atoms with Gasteiger partial charge in [-0.1, -0.05) is 66.7 Å². The Kier molecular flexibility index (Phi) is 5.42. The molecule has 0 spiro atoms. The lowest BCUT2D eigenvalue weighted by molar-refractivity contribution is 0.0943. The van der Waals surface area contributed by atoms with Gasteiger partial charge in [0.2, 0.25) is 0 Å². The van der Waals surface area contributed by atoms with Crippen LogP contribution in [-0.2, 0) is 5.54 Å². The highest BCUT2D eigenvalue weighted by Gasteiger charge is 2.37. The Bertz CT molecular complexity index is 1200. The summed E-state index contributed by atoms with van der Waals surface area (Å²) in [5.41, 5.74) is 3.27. The van der Waals surface area contributed by atoms with Gasteiger partial charge >= 0.3 is 0 Å². The topological polar surface area (TPSA) is 71.8 Å². The third-order valence-electron chi connectivity index (χ3n) is 6.19. The van der Waals surface area contributed by atoms with Crippen LogP contribution in [0.2, 0.25) is 0 Å². The minimum absolute atomic E-state index is 0.00371. The van der Waals surface area contributed by atoms with E-state index in [-0.39, 0.29) is 23.5 Å². The van der Waals surface area contributed by atoms with Crippen LogP contribution in [0.15, 0.2) is 91.3 Å². The molecule has 33 heavy (non-hydrogen) atoms. The third kappa shape index (κ3) is 4.12. The van der Waals surface area contributed by atoms with Crippen LogP contribution >= 0.6 is 0 Å². The summed E-state index contributed by atoms with van der Waals surface area (Å²) in [5, 5.41) is 11.3. The maximum absolute atomic E-state index is 13.6. The third-order valence-corrected chi connectivity index (χ3v) is 6.19. The van der Waals surface area contributed by atoms with Crippen molar-refractivity contribution in [3.63, 3.8) is 0 Å². The van der Waals surface area contributed by atoms with Crippen LogP contribution in [0.25, 0.3) is 0 Å². The minimum Gasteiger partial charge on any atom is -0.361 e. The van der Waals surface area contributed by atoms with E-state index in [0.29, 0.717) is 5.56 Å². The molecule has 2 N–H and O–H groups in total. The highest BCUT2D eigenvalue weighted by molar-refractivity contribution is 5.99. The largest absolute Gasteiger partial charge is 0.361 e. The molecule has 1 unspecified atom stereocenters. The lowest BCUT2D eigenvalue weighted by Crippen LogP contribution is -2.39. The van der Waals surface area contributed by atoms with Crippen molar-refractivity contribution in [2.45, 2.75) is 37.9 Å². The molecule has 1 atom stereocenters. The van der Waals surface area contributed by atoms with Gasteiger partial charge in [-0.05, 0) is 43.5 Å². The quantitative estimate of drug-likeness (QED) is 0.456. The molecule has 1 aliphatic heterocycles. The fourth-order valence-electron chi connectivity index (χ4n) is 4.53. The predicted octanol–water partition coefficient (Wildman–Crippen LogP) is 5.09. The molecule has 2 aromatic carbocycles. The number of nitrogens with one attached hydrogen (secondary N) is 2. The highest BCUT2D eigenvalue weighted by Crippen LogP contribution is 2.39. The number of benzene rings is 2. The molecule has 0 fully saturated rings. The van der Waals surface area contributed by atoms with Crippen molar-refractivity contribution in [1.82, 2.24) is 20.1 Å². The van der Waals surface area contributed by atoms with Gasteiger partial charge in [0, 0.05) is 6.20 Å². The van der Waals surface area contributed by atoms with Gasteiger partial charge in [-0.25, -0.2) is 4.68 Å². The van der Waals surface area contributed by atoms with E-state index < -0.39 is 0 Å². The van der Waals surface area contributed by atoms with Gasteiger partial charge in [0.15, 0.2) is 0 Å². The summed E-state index contributed by atoms with van der Waals surface area (Å²) < 4.78 is 1.92. The first-order valence-electron chi connectivity index (χ1n) is 11.2. The van der Waals surface area contributed by atoms with Crippen molar-refractivity contribution < 1.29 is 4.79 Å². The van der Waals surface area contributed by atoms with Gasteiger partial charge in [0.25, 0.3) is 5.91 Å². The SMILES string of the molecule is CC1(C)CC(c2ccccn2)Nc2c(C(=O)NC(c3ccccc3)c3ccccc3)cnn21. The Balaban J connectivity index is 1.48. The smallest absolute Gasteiger partial charge is 0.257 e. The Labute approximate surface area is 193 Å². The number of nitrogens with zero attached hydrogens (tertiary/aromatic N) is 3. The van der Waals surface area contributed by atoms with Crippen LogP contribution in [0.5, 0.6) is 0 Å². The summed E-state index contributed by atoms with van der Waals surface area (Å²) in [6.07, 6.45) is 4.28. The van der Waals surface area contributed by atoms with E-state index in [1.807, 2.05) is 83.5 Å². The molecule has 0 saturated carbocycles. The number of aromatic nitrogens is 3. The fraction of sp³-hybridized carbons (Fsp3) is 0.222. The summed E-state index contributed by atoms with van der Waals surface area (Å²) >= 11 is 0. The Morgan fingerprint density at radius 2 is 1.64 bits per heavy atom. The Hall–Kier alpha value is -3.93. The first-order valence-corrected chi connectivity index (χ1v) is 11.2. The first-order chi connectivity index (χ1) is 16.0. The molecule has 2 aromatic heterocycles. The van der Waals surface area contributed by atoms with Crippen molar-refractivity contribution in [2.75, 3.05) is 5.32 Å². The van der Waals surface area contributed by atoms with Crippen LogP contribution < -0.4 is 10.6 Å². The normalized spacial score (nSPS) is 16.6. The number of hydrogen-bond acceptors (Lipinski definition) is 4. The standard InChI is InChI=1S/C27H27N5O/c1-27(2)17-23(22-15-9-10-16-28-22)30-25-21(18-29-32(25)27)26(33)31-24(19-11-5-3-6-12-19)20-13-7-4-8-14-20/h3-16,18,23-24,30H,17H2,1-2H3,(H,31,33). The summed E-state index contributed by atoms with van der Waals surface area (Å²) in [4.78, 5) is 18.1. The number of pyridine rings is 1. The van der Waals surface area contributed by atoms with E-state index in [4.69, 9.17) is 0 Å². The number of fused-ring (bicyclic) bond motifs is 1. The molecule has 5 rings (SSSR count). The molecule has 0 saturated heterocycles. The van der Waals surface area contributed by atoms with Crippen molar-refractivity contribution in [3.8, 4) is 0 Å². The lowest BCUT2D eigenvalue weighted by atomic mass is 9.91. The van der Waals surface area contributed by atoms with E-state index >= 15 is 0 Å². The second-order valence-corrected chi connectivity index (χ2v) is 9.01. The first kappa shape index (κ1) is 20.9. The molecular weight excluding hydrogens is 410 g/mol. The van der Waals surface area contributed by atoms with Crippen molar-refractivity contribution >= 4 is 11.7 Å². The zero-order valence-corrected chi connectivity index (χ0v) is 18.8. The maximum atomic E-state index is 13.6. The van der Waals surface area contributed by atoms with Crippen molar-refractivity contribution in [2.24, 2.45) is 0 Å².